The van der Waals surface area contributed by atoms with Crippen molar-refractivity contribution in [3.8, 4) is 11.6 Å². The Bertz CT molecular complexity index is 845. The van der Waals surface area contributed by atoms with Crippen LogP contribution in [-0.2, 0) is 11.3 Å². The average Bonchev–Trinajstić information content (AvgIpc) is 2.95. The highest BCUT2D eigenvalue weighted by molar-refractivity contribution is 5.83. The fourth-order valence-corrected chi connectivity index (χ4v) is 2.33. The lowest BCUT2D eigenvalue weighted by atomic mass is 10.1. The molecule has 6 heteroatoms. The second kappa shape index (κ2) is 4.73. The fourth-order valence-electron chi connectivity index (χ4n) is 2.33. The Morgan fingerprint density at radius 2 is 1.95 bits per heavy atom. The Kier molecular flexibility index (Phi) is 3.01. The molecule has 2 aromatic heterocycles. The molecule has 0 saturated heterocycles. The van der Waals surface area contributed by atoms with Crippen LogP contribution in [0.5, 0.6) is 0 Å². The number of rotatable bonds is 3. The molecule has 0 fully saturated rings. The number of carboxylic acids is 1. The lowest BCUT2D eigenvalue weighted by Gasteiger charge is -2.05. The van der Waals surface area contributed by atoms with Crippen LogP contribution in [0.2, 0.25) is 0 Å². The largest absolute Gasteiger partial charge is 0.480 e. The molecular formula is C15H15N3O3. The van der Waals surface area contributed by atoms with E-state index in [2.05, 4.69) is 10.1 Å². The van der Waals surface area contributed by atoms with Gasteiger partial charge in [-0.15, -0.1) is 0 Å². The van der Waals surface area contributed by atoms with Crippen LogP contribution in [0, 0.1) is 20.8 Å². The molecule has 0 unspecified atom stereocenters. The third-order valence-electron chi connectivity index (χ3n) is 3.51. The number of hydrogen-bond donors (Lipinski definition) is 1. The van der Waals surface area contributed by atoms with Gasteiger partial charge in [0.05, 0.1) is 16.7 Å². The number of carbonyl (C=O) groups is 1. The van der Waals surface area contributed by atoms with Crippen LogP contribution in [-0.4, -0.2) is 25.8 Å². The monoisotopic (exact) mass is 285 g/mol. The molecule has 0 amide bonds. The molecule has 6 nitrogen and oxygen atoms in total. The minimum atomic E-state index is -0.926. The topological polar surface area (TPSA) is 81.2 Å². The second-order valence-corrected chi connectivity index (χ2v) is 5.17. The summed E-state index contributed by atoms with van der Waals surface area (Å²) in [4.78, 5) is 15.7. The predicted octanol–water partition coefficient (Wildman–Crippen LogP) is 2.70. The highest BCUT2D eigenvalue weighted by atomic mass is 16.5. The normalized spacial score (nSPS) is 11.2. The van der Waals surface area contributed by atoms with E-state index in [0.29, 0.717) is 11.6 Å². The molecule has 0 aliphatic heterocycles. The van der Waals surface area contributed by atoms with E-state index in [1.165, 1.54) is 0 Å². The van der Waals surface area contributed by atoms with Gasteiger partial charge >= 0.3 is 5.97 Å². The van der Waals surface area contributed by atoms with E-state index in [1.54, 1.807) is 10.6 Å². The molecule has 3 aromatic rings. The van der Waals surface area contributed by atoms with E-state index in [-0.39, 0.29) is 6.54 Å². The van der Waals surface area contributed by atoms with Crippen molar-refractivity contribution in [1.82, 2.24) is 14.7 Å². The number of benzene rings is 1. The quantitative estimate of drug-likeness (QED) is 0.800. The first kappa shape index (κ1) is 13.4. The second-order valence-electron chi connectivity index (χ2n) is 5.17. The Hall–Kier alpha value is -2.63. The molecule has 1 aromatic carbocycles. The van der Waals surface area contributed by atoms with Crippen LogP contribution < -0.4 is 0 Å². The highest BCUT2D eigenvalue weighted by Crippen LogP contribution is 2.27. The average molecular weight is 285 g/mol. The summed E-state index contributed by atoms with van der Waals surface area (Å²) in [6.45, 7) is 5.63. The molecule has 0 aliphatic rings. The van der Waals surface area contributed by atoms with E-state index in [4.69, 9.17) is 9.63 Å². The van der Waals surface area contributed by atoms with Crippen molar-refractivity contribution < 1.29 is 14.4 Å². The molecule has 2 heterocycles. The van der Waals surface area contributed by atoms with Gasteiger partial charge in [0.1, 0.15) is 6.54 Å². The molecular weight excluding hydrogens is 270 g/mol. The van der Waals surface area contributed by atoms with Gasteiger partial charge in [-0.1, -0.05) is 5.16 Å². The summed E-state index contributed by atoms with van der Waals surface area (Å²) >= 11 is 0. The number of aryl methyl sites for hydroxylation is 3. The Balaban J connectivity index is 2.29. The van der Waals surface area contributed by atoms with Crippen molar-refractivity contribution >= 4 is 17.0 Å². The van der Waals surface area contributed by atoms with Crippen LogP contribution in [0.4, 0.5) is 0 Å². The number of imidazole rings is 1. The number of aromatic nitrogens is 3. The molecule has 0 radical (unpaired) electrons. The smallest absolute Gasteiger partial charge is 0.323 e. The fraction of sp³-hybridized carbons (Fsp3) is 0.267. The van der Waals surface area contributed by atoms with E-state index in [9.17, 15) is 4.79 Å². The SMILES string of the molecule is Cc1cc(-c2nc3cc(C)c(C)cc3n2CC(=O)O)on1. The van der Waals surface area contributed by atoms with Gasteiger partial charge < -0.3 is 14.2 Å². The summed E-state index contributed by atoms with van der Waals surface area (Å²) in [7, 11) is 0. The summed E-state index contributed by atoms with van der Waals surface area (Å²) in [6.07, 6.45) is 0. The van der Waals surface area contributed by atoms with Gasteiger partial charge in [-0.3, -0.25) is 4.79 Å². The molecule has 3 rings (SSSR count). The lowest BCUT2D eigenvalue weighted by Crippen LogP contribution is -2.10. The zero-order valence-corrected chi connectivity index (χ0v) is 12.0. The molecule has 0 spiro atoms. The molecule has 0 saturated carbocycles. The summed E-state index contributed by atoms with van der Waals surface area (Å²) in [5.41, 5.74) is 4.47. The van der Waals surface area contributed by atoms with Crippen LogP contribution in [0.15, 0.2) is 22.7 Å². The van der Waals surface area contributed by atoms with Gasteiger partial charge in [0.15, 0.2) is 5.82 Å². The summed E-state index contributed by atoms with van der Waals surface area (Å²) in [5, 5.41) is 13.0. The molecule has 1 N–H and O–H groups in total. The van der Waals surface area contributed by atoms with Gasteiger partial charge in [0.25, 0.3) is 0 Å². The maximum atomic E-state index is 11.2. The number of fused-ring (bicyclic) bond motifs is 1. The zero-order chi connectivity index (χ0) is 15.1. The Morgan fingerprint density at radius 3 is 2.57 bits per heavy atom. The van der Waals surface area contributed by atoms with E-state index >= 15 is 0 Å². The highest BCUT2D eigenvalue weighted by Gasteiger charge is 2.18. The van der Waals surface area contributed by atoms with E-state index in [1.807, 2.05) is 32.9 Å². The standard InChI is InChI=1S/C15H15N3O3/c1-8-4-11-12(5-9(8)2)18(7-14(19)20)15(16-11)13-6-10(3)17-21-13/h4-6H,7H2,1-3H3,(H,19,20). The molecule has 0 bridgehead atoms. The van der Waals surface area contributed by atoms with Crippen LogP contribution in [0.25, 0.3) is 22.6 Å². The molecule has 0 atom stereocenters. The van der Waals surface area contributed by atoms with Gasteiger partial charge in [0.2, 0.25) is 5.76 Å². The maximum Gasteiger partial charge on any atom is 0.323 e. The minimum absolute atomic E-state index is 0.173. The van der Waals surface area contributed by atoms with Crippen LogP contribution >= 0.6 is 0 Å². The van der Waals surface area contributed by atoms with Crippen molar-refractivity contribution in [1.29, 1.82) is 0 Å². The number of carboxylic acid groups (broad SMARTS) is 1. The van der Waals surface area contributed by atoms with Crippen molar-refractivity contribution in [3.63, 3.8) is 0 Å². The summed E-state index contributed by atoms with van der Waals surface area (Å²) < 4.78 is 6.88. The first-order valence-corrected chi connectivity index (χ1v) is 6.58. The number of aliphatic carboxylic acids is 1. The van der Waals surface area contributed by atoms with Gasteiger partial charge in [-0.2, -0.15) is 0 Å². The summed E-state index contributed by atoms with van der Waals surface area (Å²) in [6, 6.07) is 5.66. The third-order valence-corrected chi connectivity index (χ3v) is 3.51. The maximum absolute atomic E-state index is 11.2. The Labute approximate surface area is 121 Å². The van der Waals surface area contributed by atoms with Gasteiger partial charge in [-0.25, -0.2) is 4.98 Å². The van der Waals surface area contributed by atoms with E-state index < -0.39 is 5.97 Å². The molecule has 0 aliphatic carbocycles. The minimum Gasteiger partial charge on any atom is -0.480 e. The first-order chi connectivity index (χ1) is 9.95. The zero-order valence-electron chi connectivity index (χ0n) is 12.0. The van der Waals surface area contributed by atoms with Gasteiger partial charge in [0, 0.05) is 6.07 Å². The van der Waals surface area contributed by atoms with Crippen molar-refractivity contribution in [2.45, 2.75) is 27.3 Å². The first-order valence-electron chi connectivity index (χ1n) is 6.58. The van der Waals surface area contributed by atoms with Crippen LogP contribution in [0.1, 0.15) is 16.8 Å². The van der Waals surface area contributed by atoms with Gasteiger partial charge in [-0.05, 0) is 44.0 Å². The van der Waals surface area contributed by atoms with Crippen molar-refractivity contribution in [3.05, 3.63) is 35.0 Å². The predicted molar refractivity (Wildman–Crippen MR) is 77.1 cm³/mol. The number of hydrogen-bond acceptors (Lipinski definition) is 4. The number of nitrogens with zero attached hydrogens (tertiary/aromatic N) is 3. The van der Waals surface area contributed by atoms with Crippen molar-refractivity contribution in [2.24, 2.45) is 0 Å². The Morgan fingerprint density at radius 1 is 1.24 bits per heavy atom. The lowest BCUT2D eigenvalue weighted by molar-refractivity contribution is -0.137. The van der Waals surface area contributed by atoms with E-state index in [0.717, 1.165) is 27.9 Å². The molecule has 21 heavy (non-hydrogen) atoms. The molecule has 108 valence electrons. The summed E-state index contributed by atoms with van der Waals surface area (Å²) in [5.74, 6) is 0.0308. The van der Waals surface area contributed by atoms with Crippen molar-refractivity contribution in [2.75, 3.05) is 0 Å². The third kappa shape index (κ3) is 2.29. The van der Waals surface area contributed by atoms with Crippen LogP contribution in [0.3, 0.4) is 0 Å².